The molecule has 1 amide bonds. The minimum atomic E-state index is -3.74. The number of thiophene rings is 1. The molecule has 0 saturated carbocycles. The molecule has 1 aliphatic heterocycles. The van der Waals surface area contributed by atoms with E-state index in [1.807, 2.05) is 6.07 Å². The van der Waals surface area contributed by atoms with Crippen LogP contribution in [0.3, 0.4) is 0 Å². The van der Waals surface area contributed by atoms with Gasteiger partial charge in [-0.3, -0.25) is 4.79 Å². The van der Waals surface area contributed by atoms with E-state index in [2.05, 4.69) is 9.68 Å². The van der Waals surface area contributed by atoms with Crippen LogP contribution < -0.4 is 0 Å². The fourth-order valence-electron chi connectivity index (χ4n) is 3.33. The van der Waals surface area contributed by atoms with Crippen LogP contribution in [0.15, 0.2) is 57.3 Å². The molecule has 1 atom stereocenters. The zero-order valence-corrected chi connectivity index (χ0v) is 17.1. The molecule has 0 spiro atoms. The van der Waals surface area contributed by atoms with Crippen molar-refractivity contribution in [1.82, 2.24) is 14.4 Å². The lowest BCUT2D eigenvalue weighted by Crippen LogP contribution is -2.55. The van der Waals surface area contributed by atoms with Gasteiger partial charge < -0.3 is 9.42 Å². The van der Waals surface area contributed by atoms with Gasteiger partial charge in [0.25, 0.3) is 15.9 Å². The number of halogens is 1. The van der Waals surface area contributed by atoms with Gasteiger partial charge in [-0.05, 0) is 31.2 Å². The van der Waals surface area contributed by atoms with E-state index in [1.165, 1.54) is 10.4 Å². The lowest BCUT2D eigenvalue weighted by molar-refractivity contribution is 0.0642. The minimum absolute atomic E-state index is 0.110. The molecule has 3 aromatic rings. The summed E-state index contributed by atoms with van der Waals surface area (Å²) in [4.78, 5) is 14.8. The lowest BCUT2D eigenvalue weighted by Gasteiger charge is -2.38. The van der Waals surface area contributed by atoms with E-state index in [1.54, 1.807) is 42.2 Å². The van der Waals surface area contributed by atoms with Crippen molar-refractivity contribution in [1.29, 1.82) is 0 Å². The van der Waals surface area contributed by atoms with Crippen LogP contribution in [0.25, 0.3) is 10.6 Å². The molecule has 0 unspecified atom stereocenters. The van der Waals surface area contributed by atoms with Crippen molar-refractivity contribution >= 4 is 27.3 Å². The van der Waals surface area contributed by atoms with Crippen LogP contribution in [0.4, 0.5) is 4.39 Å². The van der Waals surface area contributed by atoms with Crippen molar-refractivity contribution in [2.24, 2.45) is 0 Å². The molecule has 1 aromatic carbocycles. The number of carbonyl (C=O) groups is 1. The predicted octanol–water partition coefficient (Wildman–Crippen LogP) is 3.08. The number of amides is 1. The van der Waals surface area contributed by atoms with Crippen molar-refractivity contribution in [3.05, 3.63) is 60.1 Å². The summed E-state index contributed by atoms with van der Waals surface area (Å²) in [6.45, 7) is 2.60. The predicted molar refractivity (Wildman–Crippen MR) is 105 cm³/mol. The van der Waals surface area contributed by atoms with Crippen molar-refractivity contribution in [2.45, 2.75) is 17.2 Å². The number of piperazine rings is 1. The zero-order valence-electron chi connectivity index (χ0n) is 15.5. The molecule has 0 bridgehead atoms. The number of sulfonamides is 1. The standard InChI is InChI=1S/C19H18FN3O4S2/c1-13-12-22(19(24)14-5-3-2-4-6-14)9-10-23(13)29(25,26)18-8-7-16(28-18)15-11-17(20)27-21-15/h2-8,11,13H,9-10,12H2,1H3/t13-/m1/s1. The number of hydrogen-bond acceptors (Lipinski definition) is 6. The van der Waals surface area contributed by atoms with Crippen molar-refractivity contribution < 1.29 is 22.1 Å². The summed E-state index contributed by atoms with van der Waals surface area (Å²) in [5.74, 6) is -0.110. The summed E-state index contributed by atoms with van der Waals surface area (Å²) >= 11 is 1.01. The first-order valence-electron chi connectivity index (χ1n) is 8.95. The number of nitrogens with zero attached hydrogens (tertiary/aromatic N) is 3. The summed E-state index contributed by atoms with van der Waals surface area (Å²) in [7, 11) is -3.74. The Hall–Kier alpha value is -2.56. The van der Waals surface area contributed by atoms with Crippen molar-refractivity contribution in [3.8, 4) is 10.6 Å². The molecule has 1 fully saturated rings. The van der Waals surface area contributed by atoms with Gasteiger partial charge in [0.1, 0.15) is 9.90 Å². The second-order valence-corrected chi connectivity index (χ2v) is 9.92. The Morgan fingerprint density at radius 2 is 1.97 bits per heavy atom. The maximum Gasteiger partial charge on any atom is 0.306 e. The molecule has 0 N–H and O–H groups in total. The lowest BCUT2D eigenvalue weighted by atomic mass is 10.1. The number of aromatic nitrogens is 1. The van der Waals surface area contributed by atoms with Crippen molar-refractivity contribution in [3.63, 3.8) is 0 Å². The monoisotopic (exact) mass is 435 g/mol. The van der Waals surface area contributed by atoms with Gasteiger partial charge in [-0.15, -0.1) is 11.3 Å². The third kappa shape index (κ3) is 3.83. The van der Waals surface area contributed by atoms with Crippen LogP contribution in [0, 0.1) is 6.01 Å². The van der Waals surface area contributed by atoms with Crippen LogP contribution in [0.1, 0.15) is 17.3 Å². The minimum Gasteiger partial charge on any atom is -0.336 e. The summed E-state index contributed by atoms with van der Waals surface area (Å²) in [5.41, 5.74) is 0.832. The van der Waals surface area contributed by atoms with Crippen LogP contribution in [-0.4, -0.2) is 54.4 Å². The Morgan fingerprint density at radius 3 is 2.62 bits per heavy atom. The van der Waals surface area contributed by atoms with Crippen LogP contribution in [-0.2, 0) is 10.0 Å². The van der Waals surface area contributed by atoms with Gasteiger partial charge in [0.05, 0.1) is 4.88 Å². The Labute approximate surface area is 171 Å². The number of hydrogen-bond donors (Lipinski definition) is 0. The first-order chi connectivity index (χ1) is 13.9. The molecule has 4 rings (SSSR count). The van der Waals surface area contributed by atoms with Gasteiger partial charge in [0, 0.05) is 37.3 Å². The van der Waals surface area contributed by atoms with Gasteiger partial charge in [-0.1, -0.05) is 23.4 Å². The van der Waals surface area contributed by atoms with E-state index in [-0.39, 0.29) is 28.4 Å². The first kappa shape index (κ1) is 19.7. The molecule has 1 saturated heterocycles. The SMILES string of the molecule is C[C@@H]1CN(C(=O)c2ccccc2)CCN1S(=O)(=O)c1ccc(-c2cc(F)on2)s1. The Morgan fingerprint density at radius 1 is 1.21 bits per heavy atom. The Bertz CT molecular complexity index is 1130. The molecular weight excluding hydrogens is 417 g/mol. The topological polar surface area (TPSA) is 83.7 Å². The summed E-state index contributed by atoms with van der Waals surface area (Å²) in [6, 6.07) is 11.9. The number of benzene rings is 1. The molecule has 29 heavy (non-hydrogen) atoms. The summed E-state index contributed by atoms with van der Waals surface area (Å²) < 4.78 is 45.2. The fraction of sp³-hybridized carbons (Fsp3) is 0.263. The highest BCUT2D eigenvalue weighted by Gasteiger charge is 2.36. The largest absolute Gasteiger partial charge is 0.336 e. The molecule has 0 aliphatic carbocycles. The van der Waals surface area contributed by atoms with E-state index in [0.717, 1.165) is 17.4 Å². The third-order valence-corrected chi connectivity index (χ3v) is 8.34. The van der Waals surface area contributed by atoms with Crippen LogP contribution in [0.2, 0.25) is 0 Å². The average molecular weight is 436 g/mol. The summed E-state index contributed by atoms with van der Waals surface area (Å²) in [6.07, 6.45) is 0. The third-order valence-electron chi connectivity index (χ3n) is 4.75. The van der Waals surface area contributed by atoms with Gasteiger partial charge >= 0.3 is 6.01 Å². The average Bonchev–Trinajstić information content (AvgIpc) is 3.37. The Balaban J connectivity index is 1.50. The van der Waals surface area contributed by atoms with Gasteiger partial charge in [0.15, 0.2) is 0 Å². The molecule has 7 nitrogen and oxygen atoms in total. The number of rotatable bonds is 4. The molecule has 1 aliphatic rings. The van der Waals surface area contributed by atoms with E-state index in [9.17, 15) is 17.6 Å². The highest BCUT2D eigenvalue weighted by Crippen LogP contribution is 2.33. The smallest absolute Gasteiger partial charge is 0.306 e. The van der Waals surface area contributed by atoms with E-state index in [4.69, 9.17) is 0 Å². The maximum atomic E-state index is 13.1. The molecule has 2 aromatic heterocycles. The second-order valence-electron chi connectivity index (χ2n) is 6.72. The molecule has 0 radical (unpaired) electrons. The normalized spacial score (nSPS) is 18.1. The van der Waals surface area contributed by atoms with Gasteiger partial charge in [-0.25, -0.2) is 8.42 Å². The Kier molecular flexibility index (Phi) is 5.24. The van der Waals surface area contributed by atoms with Crippen LogP contribution >= 0.6 is 11.3 Å². The highest BCUT2D eigenvalue weighted by atomic mass is 32.2. The van der Waals surface area contributed by atoms with E-state index < -0.39 is 16.0 Å². The van der Waals surface area contributed by atoms with E-state index >= 15 is 0 Å². The van der Waals surface area contributed by atoms with Crippen molar-refractivity contribution in [2.75, 3.05) is 19.6 Å². The first-order valence-corrected chi connectivity index (χ1v) is 11.2. The quantitative estimate of drug-likeness (QED) is 0.629. The molecule has 152 valence electrons. The van der Waals surface area contributed by atoms with Gasteiger partial charge in [0.2, 0.25) is 0 Å². The molecule has 3 heterocycles. The van der Waals surface area contributed by atoms with Crippen LogP contribution in [0.5, 0.6) is 0 Å². The fourth-order valence-corrected chi connectivity index (χ4v) is 6.33. The second kappa shape index (κ2) is 7.69. The molecular formula is C19H18FN3O4S2. The summed E-state index contributed by atoms with van der Waals surface area (Å²) in [5, 5.41) is 3.57. The zero-order chi connectivity index (χ0) is 20.6. The highest BCUT2D eigenvalue weighted by molar-refractivity contribution is 7.91. The maximum absolute atomic E-state index is 13.1. The molecule has 10 heteroatoms. The van der Waals surface area contributed by atoms with E-state index in [0.29, 0.717) is 23.5 Å². The van der Waals surface area contributed by atoms with Gasteiger partial charge in [-0.2, -0.15) is 8.70 Å². The number of carbonyl (C=O) groups excluding carboxylic acids is 1.